The van der Waals surface area contributed by atoms with E-state index in [1.165, 1.54) is 0 Å². The minimum absolute atomic E-state index is 0.123. The Morgan fingerprint density at radius 1 is 1.05 bits per heavy atom. The number of nitrogens with zero attached hydrogens (tertiary/aromatic N) is 1. The van der Waals surface area contributed by atoms with Crippen LogP contribution in [0.4, 0.5) is 0 Å². The molecule has 1 atom stereocenters. The topological polar surface area (TPSA) is 54.5 Å². The number of amides is 2. The minimum Gasteiger partial charge on any atom is -0.297 e. The summed E-state index contributed by atoms with van der Waals surface area (Å²) in [7, 11) is 0. The molecule has 100 valence electrons. The van der Waals surface area contributed by atoms with Crippen LogP contribution in [-0.4, -0.2) is 28.5 Å². The molecule has 1 heterocycles. The van der Waals surface area contributed by atoms with E-state index in [4.69, 9.17) is 0 Å². The number of carbonyl (C=O) groups is 3. The molecule has 0 aromatic heterocycles. The van der Waals surface area contributed by atoms with Gasteiger partial charge in [0.25, 0.3) is 11.8 Å². The van der Waals surface area contributed by atoms with E-state index >= 15 is 0 Å². The van der Waals surface area contributed by atoms with E-state index in [1.807, 2.05) is 0 Å². The summed E-state index contributed by atoms with van der Waals surface area (Å²) in [6.45, 7) is 6.95. The van der Waals surface area contributed by atoms with Crippen molar-refractivity contribution in [3.63, 3.8) is 0 Å². The zero-order valence-corrected chi connectivity index (χ0v) is 11.6. The fraction of sp³-hybridized carbons (Fsp3) is 0.400. The van der Waals surface area contributed by atoms with Gasteiger partial charge in [0.15, 0.2) is 5.78 Å². The predicted molar refractivity (Wildman–Crippen MR) is 70.9 cm³/mol. The van der Waals surface area contributed by atoms with E-state index in [-0.39, 0.29) is 17.6 Å². The molecule has 1 aromatic rings. The summed E-state index contributed by atoms with van der Waals surface area (Å²) in [4.78, 5) is 37.8. The highest BCUT2D eigenvalue weighted by molar-refractivity contribution is 6.23. The smallest absolute Gasteiger partial charge is 0.262 e. The number of ketones is 1. The van der Waals surface area contributed by atoms with Crippen LogP contribution >= 0.6 is 0 Å². The second-order valence-corrected chi connectivity index (χ2v) is 5.82. The maximum absolute atomic E-state index is 12.2. The van der Waals surface area contributed by atoms with Crippen LogP contribution in [0.2, 0.25) is 0 Å². The van der Waals surface area contributed by atoms with Gasteiger partial charge in [-0.05, 0) is 19.1 Å². The van der Waals surface area contributed by atoms with Crippen molar-refractivity contribution in [3.8, 4) is 0 Å². The van der Waals surface area contributed by atoms with Crippen LogP contribution in [0.3, 0.4) is 0 Å². The van der Waals surface area contributed by atoms with E-state index in [1.54, 1.807) is 52.0 Å². The molecule has 1 aliphatic rings. The SMILES string of the molecule is CC(C(=O)C(C)(C)C)N1C(=O)c2ccccc2C1=O. The van der Waals surface area contributed by atoms with Gasteiger partial charge >= 0.3 is 0 Å². The Labute approximate surface area is 112 Å². The summed E-state index contributed by atoms with van der Waals surface area (Å²) in [5.41, 5.74) is 0.163. The van der Waals surface area contributed by atoms with E-state index < -0.39 is 11.5 Å². The Hall–Kier alpha value is -1.97. The first-order chi connectivity index (χ1) is 8.75. The zero-order chi connectivity index (χ0) is 14.4. The number of rotatable bonds is 2. The molecule has 19 heavy (non-hydrogen) atoms. The summed E-state index contributed by atoms with van der Waals surface area (Å²) in [6.07, 6.45) is 0. The second kappa shape index (κ2) is 4.30. The van der Waals surface area contributed by atoms with Crippen molar-refractivity contribution < 1.29 is 14.4 Å². The van der Waals surface area contributed by atoms with Gasteiger partial charge < -0.3 is 0 Å². The average Bonchev–Trinajstić information content (AvgIpc) is 2.60. The number of Topliss-reactive ketones (excluding diaryl/α,β-unsaturated/α-hetero) is 1. The van der Waals surface area contributed by atoms with Gasteiger partial charge in [-0.15, -0.1) is 0 Å². The molecule has 0 N–H and O–H groups in total. The number of hydrogen-bond donors (Lipinski definition) is 0. The Balaban J connectivity index is 2.38. The second-order valence-electron chi connectivity index (χ2n) is 5.82. The van der Waals surface area contributed by atoms with E-state index in [2.05, 4.69) is 0 Å². The highest BCUT2D eigenvalue weighted by Crippen LogP contribution is 2.27. The molecule has 1 unspecified atom stereocenters. The fourth-order valence-corrected chi connectivity index (χ4v) is 2.30. The summed E-state index contributed by atoms with van der Waals surface area (Å²) in [6, 6.07) is 5.91. The largest absolute Gasteiger partial charge is 0.297 e. The van der Waals surface area contributed by atoms with Gasteiger partial charge in [0.1, 0.15) is 0 Å². The van der Waals surface area contributed by atoms with Crippen molar-refractivity contribution in [2.45, 2.75) is 33.7 Å². The number of fused-ring (bicyclic) bond motifs is 1. The van der Waals surface area contributed by atoms with Crippen molar-refractivity contribution in [1.29, 1.82) is 0 Å². The molecule has 1 aliphatic heterocycles. The molecule has 4 heteroatoms. The maximum atomic E-state index is 12.2. The van der Waals surface area contributed by atoms with Gasteiger partial charge in [0, 0.05) is 5.41 Å². The highest BCUT2D eigenvalue weighted by atomic mass is 16.2. The van der Waals surface area contributed by atoms with Gasteiger partial charge in [-0.3, -0.25) is 19.3 Å². The highest BCUT2D eigenvalue weighted by Gasteiger charge is 2.42. The lowest BCUT2D eigenvalue weighted by atomic mass is 9.86. The van der Waals surface area contributed by atoms with Gasteiger partial charge in [-0.25, -0.2) is 0 Å². The zero-order valence-electron chi connectivity index (χ0n) is 11.6. The van der Waals surface area contributed by atoms with Gasteiger partial charge in [0.2, 0.25) is 0 Å². The lowest BCUT2D eigenvalue weighted by Crippen LogP contribution is -2.46. The van der Waals surface area contributed by atoms with E-state index in [0.29, 0.717) is 11.1 Å². The molecule has 1 aromatic carbocycles. The van der Waals surface area contributed by atoms with Crippen molar-refractivity contribution in [1.82, 2.24) is 4.90 Å². The minimum atomic E-state index is -0.743. The molecular weight excluding hydrogens is 242 g/mol. The molecule has 4 nitrogen and oxygen atoms in total. The Morgan fingerprint density at radius 2 is 1.47 bits per heavy atom. The average molecular weight is 259 g/mol. The third-order valence-corrected chi connectivity index (χ3v) is 3.33. The molecule has 2 amide bonds. The fourth-order valence-electron chi connectivity index (χ4n) is 2.30. The van der Waals surface area contributed by atoms with Crippen molar-refractivity contribution in [2.24, 2.45) is 5.41 Å². The Morgan fingerprint density at radius 3 is 1.84 bits per heavy atom. The van der Waals surface area contributed by atoms with Gasteiger partial charge in [-0.2, -0.15) is 0 Å². The summed E-state index contributed by atoms with van der Waals surface area (Å²) < 4.78 is 0. The monoisotopic (exact) mass is 259 g/mol. The van der Waals surface area contributed by atoms with Crippen LogP contribution in [0.1, 0.15) is 48.4 Å². The van der Waals surface area contributed by atoms with Crippen LogP contribution < -0.4 is 0 Å². The van der Waals surface area contributed by atoms with E-state index in [0.717, 1.165) is 4.90 Å². The van der Waals surface area contributed by atoms with Crippen LogP contribution in [0.5, 0.6) is 0 Å². The molecule has 0 saturated heterocycles. The van der Waals surface area contributed by atoms with Crippen LogP contribution in [0.25, 0.3) is 0 Å². The summed E-state index contributed by atoms with van der Waals surface area (Å²) in [5, 5.41) is 0. The van der Waals surface area contributed by atoms with Crippen LogP contribution in [0, 0.1) is 5.41 Å². The van der Waals surface area contributed by atoms with Crippen molar-refractivity contribution in [3.05, 3.63) is 35.4 Å². The normalized spacial score (nSPS) is 16.5. The maximum Gasteiger partial charge on any atom is 0.262 e. The first-order valence-electron chi connectivity index (χ1n) is 6.26. The molecule has 0 bridgehead atoms. The van der Waals surface area contributed by atoms with Crippen molar-refractivity contribution >= 4 is 17.6 Å². The Bertz CT molecular complexity index is 534. The first-order valence-corrected chi connectivity index (χ1v) is 6.26. The molecule has 2 rings (SSSR count). The lowest BCUT2D eigenvalue weighted by molar-refractivity contribution is -0.129. The van der Waals surface area contributed by atoms with Gasteiger partial charge in [-0.1, -0.05) is 32.9 Å². The molecule has 0 radical (unpaired) electrons. The number of carbonyl (C=O) groups excluding carboxylic acids is 3. The lowest BCUT2D eigenvalue weighted by Gasteiger charge is -2.27. The predicted octanol–water partition coefficient (Wildman–Crippen LogP) is 2.29. The number of imide groups is 1. The number of benzene rings is 1. The molecule has 0 aliphatic carbocycles. The molecule has 0 saturated carbocycles. The molecule has 0 spiro atoms. The Kier molecular flexibility index (Phi) is 3.04. The summed E-state index contributed by atoms with van der Waals surface area (Å²) >= 11 is 0. The standard InChI is InChI=1S/C15H17NO3/c1-9(12(17)15(2,3)4)16-13(18)10-7-5-6-8-11(10)14(16)19/h5-9H,1-4H3. The van der Waals surface area contributed by atoms with Crippen LogP contribution in [0.15, 0.2) is 24.3 Å². The molecule has 0 fully saturated rings. The van der Waals surface area contributed by atoms with Crippen LogP contribution in [-0.2, 0) is 4.79 Å². The molecular formula is C15H17NO3. The third kappa shape index (κ3) is 2.07. The van der Waals surface area contributed by atoms with Crippen molar-refractivity contribution in [2.75, 3.05) is 0 Å². The quantitative estimate of drug-likeness (QED) is 0.766. The van der Waals surface area contributed by atoms with Gasteiger partial charge in [0.05, 0.1) is 17.2 Å². The van der Waals surface area contributed by atoms with E-state index in [9.17, 15) is 14.4 Å². The first kappa shape index (κ1) is 13.5. The number of hydrogen-bond acceptors (Lipinski definition) is 3. The third-order valence-electron chi connectivity index (χ3n) is 3.33. The summed E-state index contributed by atoms with van der Waals surface area (Å²) in [5.74, 6) is -0.890.